The molecule has 0 aliphatic carbocycles. The Morgan fingerprint density at radius 1 is 0.914 bits per heavy atom. The molecule has 0 unspecified atom stereocenters. The molecule has 2 aromatic rings. The highest BCUT2D eigenvalue weighted by molar-refractivity contribution is 7.52. The monoisotopic (exact) mass is 523 g/mol. The van der Waals surface area contributed by atoms with Gasteiger partial charge in [-0.15, -0.1) is 0 Å². The molecule has 12 heteroatoms. The fourth-order valence-corrected chi connectivity index (χ4v) is 4.62. The lowest BCUT2D eigenvalue weighted by Crippen LogP contribution is -2.40. The van der Waals surface area contributed by atoms with E-state index in [0.717, 1.165) is 6.42 Å². The van der Waals surface area contributed by atoms with Crippen LogP contribution < -0.4 is 14.1 Å². The molecule has 2 rings (SSSR count). The number of benzene rings is 2. The summed E-state index contributed by atoms with van der Waals surface area (Å²) in [5.41, 5.74) is 0. The fraction of sp³-hybridized carbons (Fsp3) is 0.435. The van der Waals surface area contributed by atoms with E-state index in [1.54, 1.807) is 26.8 Å². The minimum atomic E-state index is -4.98. The normalized spacial score (nSPS) is 14.8. The van der Waals surface area contributed by atoms with Gasteiger partial charge in [0.1, 0.15) is 11.8 Å². The molecule has 194 valence electrons. The Labute approximate surface area is 200 Å². The van der Waals surface area contributed by atoms with Gasteiger partial charge in [-0.1, -0.05) is 45.4 Å². The Morgan fingerprint density at radius 3 is 1.97 bits per heavy atom. The van der Waals surface area contributed by atoms with Gasteiger partial charge in [-0.3, -0.25) is 4.79 Å². The summed E-state index contributed by atoms with van der Waals surface area (Å²) in [6.45, 7) is 7.02. The first-order valence-corrected chi connectivity index (χ1v) is 12.5. The maximum absolute atomic E-state index is 14.3. The molecule has 0 bridgehead atoms. The van der Waals surface area contributed by atoms with Crippen LogP contribution in [0, 0.1) is 35.0 Å². The molecule has 3 atom stereocenters. The number of esters is 1. The van der Waals surface area contributed by atoms with Crippen molar-refractivity contribution in [1.29, 1.82) is 0 Å². The molecule has 0 radical (unpaired) electrons. The summed E-state index contributed by atoms with van der Waals surface area (Å²) >= 11 is 0. The van der Waals surface area contributed by atoms with Gasteiger partial charge in [0.05, 0.1) is 6.10 Å². The van der Waals surface area contributed by atoms with E-state index in [1.165, 1.54) is 24.3 Å². The second kappa shape index (κ2) is 12.4. The lowest BCUT2D eigenvalue weighted by atomic mass is 10.0. The van der Waals surface area contributed by atoms with Gasteiger partial charge in [-0.2, -0.15) is 13.9 Å². The molecule has 0 spiro atoms. The van der Waals surface area contributed by atoms with Crippen LogP contribution in [0.4, 0.5) is 22.0 Å². The largest absolute Gasteiger partial charge is 0.513 e. The summed E-state index contributed by atoms with van der Waals surface area (Å²) in [6.07, 6.45) is 0.796. The van der Waals surface area contributed by atoms with Crippen LogP contribution in [-0.4, -0.2) is 18.1 Å². The first kappa shape index (κ1) is 28.6. The van der Waals surface area contributed by atoms with Crippen molar-refractivity contribution >= 4 is 13.7 Å². The smallest absolute Gasteiger partial charge is 0.462 e. The molecule has 0 saturated carbocycles. The molecule has 0 fully saturated rings. The average molecular weight is 523 g/mol. The number of carbonyl (C=O) groups is 1. The first-order valence-electron chi connectivity index (χ1n) is 10.9. The zero-order chi connectivity index (χ0) is 26.3. The molecule has 0 aliphatic heterocycles. The van der Waals surface area contributed by atoms with E-state index in [4.69, 9.17) is 13.8 Å². The summed E-state index contributed by atoms with van der Waals surface area (Å²) in [5, 5.41) is 2.28. The first-order chi connectivity index (χ1) is 16.4. The van der Waals surface area contributed by atoms with E-state index < -0.39 is 60.7 Å². The van der Waals surface area contributed by atoms with Crippen LogP contribution in [0.1, 0.15) is 47.0 Å². The lowest BCUT2D eigenvalue weighted by Gasteiger charge is -2.27. The quantitative estimate of drug-likeness (QED) is 0.110. The molecule has 35 heavy (non-hydrogen) atoms. The van der Waals surface area contributed by atoms with Gasteiger partial charge < -0.3 is 13.8 Å². The van der Waals surface area contributed by atoms with Crippen LogP contribution in [0.25, 0.3) is 0 Å². The highest BCUT2D eigenvalue weighted by Crippen LogP contribution is 2.48. The van der Waals surface area contributed by atoms with Crippen molar-refractivity contribution in [1.82, 2.24) is 5.09 Å². The molecule has 0 aromatic heterocycles. The Kier molecular flexibility index (Phi) is 10.1. The number of para-hydroxylation sites is 1. The van der Waals surface area contributed by atoms with Crippen molar-refractivity contribution in [2.45, 2.75) is 59.1 Å². The highest BCUT2D eigenvalue weighted by Gasteiger charge is 2.40. The highest BCUT2D eigenvalue weighted by atomic mass is 31.2. The number of carbonyl (C=O) groups excluding carboxylic acids is 1. The topological polar surface area (TPSA) is 73.9 Å². The number of hydrogen-bond donors (Lipinski definition) is 1. The van der Waals surface area contributed by atoms with Gasteiger partial charge >= 0.3 is 13.7 Å². The third-order valence-electron chi connectivity index (χ3n) is 4.67. The lowest BCUT2D eigenvalue weighted by molar-refractivity contribution is -0.151. The molecule has 0 aliphatic rings. The molecule has 0 saturated heterocycles. The number of rotatable bonds is 12. The van der Waals surface area contributed by atoms with E-state index in [-0.39, 0.29) is 18.1 Å². The van der Waals surface area contributed by atoms with Gasteiger partial charge in [-0.25, -0.2) is 17.7 Å². The SMILES string of the molecule is CCC[C@H](C)OC(=O)[C@H](CC(C)C)N[P@](=O)(Oc1ccccc1)Oc1c(F)c(F)c(F)c(F)c1F. The van der Waals surface area contributed by atoms with Crippen LogP contribution in [-0.2, 0) is 14.1 Å². The molecule has 6 nitrogen and oxygen atoms in total. The second-order valence-electron chi connectivity index (χ2n) is 8.24. The fourth-order valence-electron chi connectivity index (χ4n) is 3.09. The van der Waals surface area contributed by atoms with Crippen LogP contribution in [0.15, 0.2) is 30.3 Å². The third kappa shape index (κ3) is 7.67. The number of halogens is 5. The maximum Gasteiger partial charge on any atom is 0.513 e. The van der Waals surface area contributed by atoms with Crippen LogP contribution >= 0.6 is 7.75 Å². The Balaban J connectivity index is 2.49. The van der Waals surface area contributed by atoms with Crippen molar-refractivity contribution in [3.8, 4) is 11.5 Å². The van der Waals surface area contributed by atoms with Crippen LogP contribution in [0.3, 0.4) is 0 Å². The van der Waals surface area contributed by atoms with Crippen molar-refractivity contribution in [2.24, 2.45) is 5.92 Å². The van der Waals surface area contributed by atoms with Crippen molar-refractivity contribution in [3.05, 3.63) is 59.4 Å². The Bertz CT molecular complexity index is 1040. The summed E-state index contributed by atoms with van der Waals surface area (Å²) in [6, 6.07) is 5.81. The molecule has 1 N–H and O–H groups in total. The molecule has 2 aromatic carbocycles. The van der Waals surface area contributed by atoms with Gasteiger partial charge in [0.25, 0.3) is 0 Å². The Hall–Kier alpha value is -2.65. The van der Waals surface area contributed by atoms with Gasteiger partial charge in [0.2, 0.25) is 34.8 Å². The van der Waals surface area contributed by atoms with Crippen molar-refractivity contribution < 1.29 is 45.1 Å². The van der Waals surface area contributed by atoms with Gasteiger partial charge in [-0.05, 0) is 37.8 Å². The minimum absolute atomic E-state index is 0.0281. The van der Waals surface area contributed by atoms with E-state index in [1.807, 2.05) is 6.92 Å². The second-order valence-corrected chi connectivity index (χ2v) is 9.86. The molecular weight excluding hydrogens is 496 g/mol. The van der Waals surface area contributed by atoms with E-state index >= 15 is 0 Å². The third-order valence-corrected chi connectivity index (χ3v) is 6.17. The summed E-state index contributed by atoms with van der Waals surface area (Å²) in [4.78, 5) is 12.8. The number of ether oxygens (including phenoxy) is 1. The summed E-state index contributed by atoms with van der Waals surface area (Å²) in [7, 11) is -4.98. The van der Waals surface area contributed by atoms with Crippen LogP contribution in [0.2, 0.25) is 0 Å². The maximum atomic E-state index is 14.3. The zero-order valence-electron chi connectivity index (χ0n) is 19.6. The Morgan fingerprint density at radius 2 is 1.46 bits per heavy atom. The predicted octanol–water partition coefficient (Wildman–Crippen LogP) is 6.68. The van der Waals surface area contributed by atoms with Gasteiger partial charge in [0, 0.05) is 0 Å². The average Bonchev–Trinajstić information content (AvgIpc) is 2.79. The van der Waals surface area contributed by atoms with Crippen LogP contribution in [0.5, 0.6) is 11.5 Å². The van der Waals surface area contributed by atoms with Gasteiger partial charge in [0.15, 0.2) is 0 Å². The standard InChI is InChI=1S/C23H27F5NO5P/c1-5-9-14(4)32-23(30)16(12-13(2)3)29-35(31,33-15-10-7-6-8-11-15)34-22-20(27)18(25)17(24)19(26)21(22)28/h6-8,10-11,13-14,16H,5,9,12H2,1-4H3,(H,29,31)/t14-,16-,35-/m0/s1. The summed E-state index contributed by atoms with van der Waals surface area (Å²) in [5.74, 6) is -14.6. The molecule has 0 amide bonds. The van der Waals surface area contributed by atoms with E-state index in [0.29, 0.717) is 6.42 Å². The van der Waals surface area contributed by atoms with E-state index in [9.17, 15) is 31.3 Å². The molecule has 0 heterocycles. The number of nitrogens with one attached hydrogen (secondary N) is 1. The molecular formula is C23H27F5NO5P. The zero-order valence-corrected chi connectivity index (χ0v) is 20.5. The predicted molar refractivity (Wildman–Crippen MR) is 118 cm³/mol. The minimum Gasteiger partial charge on any atom is -0.462 e. The van der Waals surface area contributed by atoms with Crippen molar-refractivity contribution in [2.75, 3.05) is 0 Å². The van der Waals surface area contributed by atoms with E-state index in [2.05, 4.69) is 5.09 Å². The number of hydrogen-bond acceptors (Lipinski definition) is 5. The summed E-state index contributed by atoms with van der Waals surface area (Å²) < 4.78 is 98.6. The van der Waals surface area contributed by atoms with Crippen molar-refractivity contribution in [3.63, 3.8) is 0 Å².